The van der Waals surface area contributed by atoms with Crippen molar-refractivity contribution >= 4 is 27.3 Å². The summed E-state index contributed by atoms with van der Waals surface area (Å²) in [5.74, 6) is -0.250. The molecule has 0 saturated carbocycles. The van der Waals surface area contributed by atoms with Gasteiger partial charge in [0.15, 0.2) is 0 Å². The second kappa shape index (κ2) is 8.74. The van der Waals surface area contributed by atoms with E-state index in [0.717, 1.165) is 5.56 Å². The van der Waals surface area contributed by atoms with Crippen molar-refractivity contribution in [3.63, 3.8) is 0 Å². The highest BCUT2D eigenvalue weighted by molar-refractivity contribution is 7.92. The number of nitrogens with one attached hydrogen (secondary N) is 2. The number of benzene rings is 3. The van der Waals surface area contributed by atoms with E-state index in [1.165, 1.54) is 43.3 Å². The van der Waals surface area contributed by atoms with Gasteiger partial charge in [-0.1, -0.05) is 18.2 Å². The summed E-state index contributed by atoms with van der Waals surface area (Å²) in [5.41, 5.74) is 1.60. The third kappa shape index (κ3) is 5.79. The van der Waals surface area contributed by atoms with E-state index < -0.39 is 15.8 Å². The summed E-state index contributed by atoms with van der Waals surface area (Å²) in [7, 11) is -3.80. The van der Waals surface area contributed by atoms with E-state index in [9.17, 15) is 17.6 Å². The fourth-order valence-corrected chi connectivity index (χ4v) is 3.63. The summed E-state index contributed by atoms with van der Waals surface area (Å²) in [6, 6.07) is 18.4. The Morgan fingerprint density at radius 3 is 2.38 bits per heavy atom. The lowest BCUT2D eigenvalue weighted by Crippen LogP contribution is -2.13. The molecule has 3 aromatic rings. The predicted octanol–water partition coefficient (Wildman–Crippen LogP) is 4.16. The van der Waals surface area contributed by atoms with Gasteiger partial charge in [-0.2, -0.15) is 0 Å². The van der Waals surface area contributed by atoms with Gasteiger partial charge in [-0.3, -0.25) is 9.52 Å². The van der Waals surface area contributed by atoms with E-state index in [-0.39, 0.29) is 17.4 Å². The first-order chi connectivity index (χ1) is 13.8. The van der Waals surface area contributed by atoms with Gasteiger partial charge in [0.05, 0.1) is 4.90 Å². The minimum atomic E-state index is -3.80. The zero-order chi connectivity index (χ0) is 20.9. The topological polar surface area (TPSA) is 84.5 Å². The Morgan fingerprint density at radius 1 is 0.966 bits per heavy atom. The van der Waals surface area contributed by atoms with E-state index in [0.29, 0.717) is 17.1 Å². The van der Waals surface area contributed by atoms with E-state index >= 15 is 0 Å². The Bertz CT molecular complexity index is 1120. The Balaban J connectivity index is 1.69. The maximum absolute atomic E-state index is 13.2. The number of anilines is 2. The van der Waals surface area contributed by atoms with Gasteiger partial charge in [0.2, 0.25) is 5.91 Å². The standard InChI is InChI=1S/C21H19FN2O4S/c1-15(25)23-18-8-10-21(11-9-18)29(26,27)24-19-6-2-4-16(12-19)14-28-20-7-3-5-17(22)13-20/h2-13,24H,14H2,1H3,(H,23,25). The zero-order valence-electron chi connectivity index (χ0n) is 15.6. The molecule has 0 fully saturated rings. The van der Waals surface area contributed by atoms with Crippen molar-refractivity contribution in [1.29, 1.82) is 0 Å². The average molecular weight is 414 g/mol. The molecule has 0 aliphatic heterocycles. The number of carbonyl (C=O) groups excluding carboxylic acids is 1. The normalized spacial score (nSPS) is 11.0. The van der Waals surface area contributed by atoms with Gasteiger partial charge in [0.25, 0.3) is 10.0 Å². The van der Waals surface area contributed by atoms with Crippen LogP contribution < -0.4 is 14.8 Å². The summed E-state index contributed by atoms with van der Waals surface area (Å²) in [5, 5.41) is 2.58. The Morgan fingerprint density at radius 2 is 1.69 bits per heavy atom. The molecule has 3 aromatic carbocycles. The average Bonchev–Trinajstić information content (AvgIpc) is 2.66. The first-order valence-electron chi connectivity index (χ1n) is 8.70. The third-order valence-corrected chi connectivity index (χ3v) is 5.26. The van der Waals surface area contributed by atoms with E-state index in [1.807, 2.05) is 0 Å². The third-order valence-electron chi connectivity index (χ3n) is 3.87. The Hall–Kier alpha value is -3.39. The molecule has 0 aromatic heterocycles. The maximum atomic E-state index is 13.2. The number of carbonyl (C=O) groups is 1. The van der Waals surface area contributed by atoms with Gasteiger partial charge in [-0.25, -0.2) is 12.8 Å². The molecule has 2 N–H and O–H groups in total. The molecule has 1 amide bonds. The number of ether oxygens (including phenoxy) is 1. The molecule has 0 heterocycles. The first-order valence-corrected chi connectivity index (χ1v) is 10.2. The largest absolute Gasteiger partial charge is 0.489 e. The van der Waals surface area contributed by atoms with Gasteiger partial charge < -0.3 is 10.1 Å². The lowest BCUT2D eigenvalue weighted by molar-refractivity contribution is -0.114. The Labute approximate surface area is 168 Å². The molecule has 0 spiro atoms. The van der Waals surface area contributed by atoms with Crippen LogP contribution in [0.5, 0.6) is 5.75 Å². The minimum Gasteiger partial charge on any atom is -0.489 e. The molecular weight excluding hydrogens is 395 g/mol. The van der Waals surface area contributed by atoms with Gasteiger partial charge in [-0.15, -0.1) is 0 Å². The number of hydrogen-bond donors (Lipinski definition) is 2. The number of hydrogen-bond acceptors (Lipinski definition) is 4. The van der Waals surface area contributed by atoms with Crippen LogP contribution in [0.4, 0.5) is 15.8 Å². The summed E-state index contributed by atoms with van der Waals surface area (Å²) in [6.07, 6.45) is 0. The molecule has 6 nitrogen and oxygen atoms in total. The second-order valence-corrected chi connectivity index (χ2v) is 7.94. The summed E-state index contributed by atoms with van der Waals surface area (Å²) in [4.78, 5) is 11.1. The van der Waals surface area contributed by atoms with E-state index in [2.05, 4.69) is 10.0 Å². The van der Waals surface area contributed by atoms with Crippen molar-refractivity contribution in [3.8, 4) is 5.75 Å². The lowest BCUT2D eigenvalue weighted by atomic mass is 10.2. The van der Waals surface area contributed by atoms with Crippen LogP contribution >= 0.6 is 0 Å². The van der Waals surface area contributed by atoms with Crippen LogP contribution in [0.1, 0.15) is 12.5 Å². The maximum Gasteiger partial charge on any atom is 0.261 e. The smallest absolute Gasteiger partial charge is 0.261 e. The quantitative estimate of drug-likeness (QED) is 0.608. The molecule has 0 radical (unpaired) electrons. The fraction of sp³-hybridized carbons (Fsp3) is 0.0952. The van der Waals surface area contributed by atoms with Crippen molar-refractivity contribution in [2.24, 2.45) is 0 Å². The van der Waals surface area contributed by atoms with E-state index in [1.54, 1.807) is 36.4 Å². The molecule has 0 aliphatic rings. The van der Waals surface area contributed by atoms with Gasteiger partial charge in [0.1, 0.15) is 18.2 Å². The first kappa shape index (κ1) is 20.3. The number of amides is 1. The zero-order valence-corrected chi connectivity index (χ0v) is 16.4. The van der Waals surface area contributed by atoms with Crippen LogP contribution in [0.2, 0.25) is 0 Å². The molecule has 0 bridgehead atoms. The molecule has 29 heavy (non-hydrogen) atoms. The Kier molecular flexibility index (Phi) is 6.13. The second-order valence-electron chi connectivity index (χ2n) is 6.26. The molecule has 150 valence electrons. The van der Waals surface area contributed by atoms with Crippen LogP contribution in [-0.4, -0.2) is 14.3 Å². The monoisotopic (exact) mass is 414 g/mol. The predicted molar refractivity (Wildman–Crippen MR) is 109 cm³/mol. The molecule has 0 aliphatic carbocycles. The van der Waals surface area contributed by atoms with Crippen LogP contribution in [0.25, 0.3) is 0 Å². The lowest BCUT2D eigenvalue weighted by Gasteiger charge is -2.11. The number of rotatable bonds is 7. The summed E-state index contributed by atoms with van der Waals surface area (Å²) < 4.78 is 46.4. The molecule has 8 heteroatoms. The van der Waals surface area contributed by atoms with Crippen molar-refractivity contribution < 1.29 is 22.3 Å². The highest BCUT2D eigenvalue weighted by Gasteiger charge is 2.14. The summed E-state index contributed by atoms with van der Waals surface area (Å²) in [6.45, 7) is 1.53. The van der Waals surface area contributed by atoms with Crippen molar-refractivity contribution in [2.75, 3.05) is 10.0 Å². The van der Waals surface area contributed by atoms with Gasteiger partial charge >= 0.3 is 0 Å². The van der Waals surface area contributed by atoms with Crippen LogP contribution in [0, 0.1) is 5.82 Å². The highest BCUT2D eigenvalue weighted by Crippen LogP contribution is 2.20. The van der Waals surface area contributed by atoms with Crippen molar-refractivity contribution in [2.45, 2.75) is 18.4 Å². The van der Waals surface area contributed by atoms with Crippen LogP contribution in [-0.2, 0) is 21.4 Å². The van der Waals surface area contributed by atoms with Crippen molar-refractivity contribution in [3.05, 3.63) is 84.2 Å². The van der Waals surface area contributed by atoms with Crippen LogP contribution in [0.15, 0.2) is 77.7 Å². The molecule has 0 saturated heterocycles. The van der Waals surface area contributed by atoms with Gasteiger partial charge in [-0.05, 0) is 54.1 Å². The fourth-order valence-electron chi connectivity index (χ4n) is 2.58. The number of sulfonamides is 1. The highest BCUT2D eigenvalue weighted by atomic mass is 32.2. The van der Waals surface area contributed by atoms with Crippen molar-refractivity contribution in [1.82, 2.24) is 0 Å². The summed E-state index contributed by atoms with van der Waals surface area (Å²) >= 11 is 0. The van der Waals surface area contributed by atoms with Gasteiger partial charge in [0, 0.05) is 24.4 Å². The molecule has 0 unspecified atom stereocenters. The van der Waals surface area contributed by atoms with E-state index in [4.69, 9.17) is 4.74 Å². The SMILES string of the molecule is CC(=O)Nc1ccc(S(=O)(=O)Nc2cccc(COc3cccc(F)c3)c2)cc1. The van der Waals surface area contributed by atoms with Crippen LogP contribution in [0.3, 0.4) is 0 Å². The number of halogens is 1. The molecule has 0 atom stereocenters. The molecule has 3 rings (SSSR count). The molecular formula is C21H19FN2O4S. The minimum absolute atomic E-state index is 0.0630.